The number of hydrogen-bond acceptors (Lipinski definition) is 2. The molecule has 0 aromatic rings. The minimum atomic E-state index is -0.785. The Morgan fingerprint density at radius 2 is 2.22 bits per heavy atom. The highest BCUT2D eigenvalue weighted by atomic mass is 19.1. The average Bonchev–Trinajstić information content (AvgIpc) is 1.79. The van der Waals surface area contributed by atoms with Crippen LogP contribution in [-0.2, 0) is 4.79 Å². The number of halogens is 1. The predicted octanol–water partition coefficient (Wildman–Crippen LogP) is -0.276. The lowest BCUT2D eigenvalue weighted by atomic mass is 9.83. The first kappa shape index (κ1) is 6.48. The van der Waals surface area contributed by atoms with Gasteiger partial charge in [0.2, 0.25) is 5.91 Å². The summed E-state index contributed by atoms with van der Waals surface area (Å²) >= 11 is 0. The number of nitrogens with one attached hydrogen (secondary N) is 1. The van der Waals surface area contributed by atoms with Gasteiger partial charge in [0.15, 0.2) is 0 Å². The summed E-state index contributed by atoms with van der Waals surface area (Å²) < 4.78 is 12.0. The van der Waals surface area contributed by atoms with Crippen molar-refractivity contribution in [2.45, 2.75) is 19.0 Å². The number of hydrazine groups is 1. The van der Waals surface area contributed by atoms with E-state index >= 15 is 0 Å². The van der Waals surface area contributed by atoms with Crippen molar-refractivity contribution in [2.24, 2.45) is 11.8 Å². The van der Waals surface area contributed by atoms with Crippen molar-refractivity contribution in [3.63, 3.8) is 0 Å². The van der Waals surface area contributed by atoms with Crippen molar-refractivity contribution in [3.05, 3.63) is 0 Å². The second kappa shape index (κ2) is 2.31. The van der Waals surface area contributed by atoms with Crippen LogP contribution < -0.4 is 11.3 Å². The molecule has 1 fully saturated rings. The number of rotatable bonds is 1. The molecule has 0 atom stereocenters. The van der Waals surface area contributed by atoms with Crippen LogP contribution in [0.15, 0.2) is 0 Å². The molecule has 0 bridgehead atoms. The van der Waals surface area contributed by atoms with Gasteiger partial charge in [-0.2, -0.15) is 0 Å². The van der Waals surface area contributed by atoms with E-state index in [-0.39, 0.29) is 11.8 Å². The van der Waals surface area contributed by atoms with Crippen LogP contribution in [0.5, 0.6) is 0 Å². The second-order valence-corrected chi connectivity index (χ2v) is 2.27. The fourth-order valence-electron chi connectivity index (χ4n) is 0.880. The molecular weight excluding hydrogens is 123 g/mol. The second-order valence-electron chi connectivity index (χ2n) is 2.27. The molecule has 0 saturated heterocycles. The maximum atomic E-state index is 12.0. The Balaban J connectivity index is 2.23. The van der Waals surface area contributed by atoms with Crippen molar-refractivity contribution in [1.82, 2.24) is 5.43 Å². The third kappa shape index (κ3) is 1.18. The zero-order valence-electron chi connectivity index (χ0n) is 4.93. The SMILES string of the molecule is NNC(=O)[C@H]1C[C@H](F)C1. The van der Waals surface area contributed by atoms with Gasteiger partial charge in [-0.3, -0.25) is 10.2 Å². The highest BCUT2D eigenvalue weighted by Crippen LogP contribution is 2.29. The van der Waals surface area contributed by atoms with Crippen LogP contribution in [0.2, 0.25) is 0 Å². The third-order valence-electron chi connectivity index (χ3n) is 1.59. The first-order valence-electron chi connectivity index (χ1n) is 2.88. The van der Waals surface area contributed by atoms with Crippen LogP contribution >= 0.6 is 0 Å². The summed E-state index contributed by atoms with van der Waals surface area (Å²) in [5.41, 5.74) is 1.98. The maximum absolute atomic E-state index is 12.0. The number of carbonyl (C=O) groups is 1. The van der Waals surface area contributed by atoms with Crippen LogP contribution in [0.3, 0.4) is 0 Å². The molecule has 0 unspecified atom stereocenters. The van der Waals surface area contributed by atoms with Crippen molar-refractivity contribution in [2.75, 3.05) is 0 Å². The molecule has 4 heteroatoms. The van der Waals surface area contributed by atoms with Crippen LogP contribution in [0.4, 0.5) is 4.39 Å². The van der Waals surface area contributed by atoms with E-state index in [2.05, 4.69) is 0 Å². The van der Waals surface area contributed by atoms with Crippen molar-refractivity contribution < 1.29 is 9.18 Å². The third-order valence-corrected chi connectivity index (χ3v) is 1.59. The number of alkyl halides is 1. The predicted molar refractivity (Wildman–Crippen MR) is 30.0 cm³/mol. The van der Waals surface area contributed by atoms with Gasteiger partial charge in [-0.25, -0.2) is 10.2 Å². The molecule has 3 N–H and O–H groups in total. The highest BCUT2D eigenvalue weighted by Gasteiger charge is 2.33. The lowest BCUT2D eigenvalue weighted by Crippen LogP contribution is -2.42. The van der Waals surface area contributed by atoms with Gasteiger partial charge in [0, 0.05) is 5.92 Å². The van der Waals surface area contributed by atoms with E-state index < -0.39 is 6.17 Å². The first-order chi connectivity index (χ1) is 4.24. The smallest absolute Gasteiger partial charge is 0.237 e. The lowest BCUT2D eigenvalue weighted by Gasteiger charge is -2.27. The molecule has 1 aliphatic rings. The van der Waals surface area contributed by atoms with Gasteiger partial charge >= 0.3 is 0 Å². The summed E-state index contributed by atoms with van der Waals surface area (Å²) in [4.78, 5) is 10.5. The number of hydrogen-bond donors (Lipinski definition) is 2. The zero-order valence-corrected chi connectivity index (χ0v) is 4.93. The average molecular weight is 132 g/mol. The molecule has 9 heavy (non-hydrogen) atoms. The fourth-order valence-corrected chi connectivity index (χ4v) is 0.880. The molecule has 0 aromatic carbocycles. The summed E-state index contributed by atoms with van der Waals surface area (Å²) in [5, 5.41) is 0. The van der Waals surface area contributed by atoms with Crippen molar-refractivity contribution in [1.29, 1.82) is 0 Å². The monoisotopic (exact) mass is 132 g/mol. The first-order valence-corrected chi connectivity index (χ1v) is 2.88. The van der Waals surface area contributed by atoms with E-state index in [9.17, 15) is 9.18 Å². The van der Waals surface area contributed by atoms with Crippen LogP contribution in [0, 0.1) is 5.92 Å². The number of nitrogens with two attached hydrogens (primary N) is 1. The summed E-state index contributed by atoms with van der Waals surface area (Å²) in [6, 6.07) is 0. The Labute approximate surface area is 52.4 Å². The number of amides is 1. The normalized spacial score (nSPS) is 33.1. The van der Waals surface area contributed by atoms with Gasteiger partial charge in [0.05, 0.1) is 0 Å². The zero-order chi connectivity index (χ0) is 6.85. The molecule has 3 nitrogen and oxygen atoms in total. The van der Waals surface area contributed by atoms with E-state index in [0.29, 0.717) is 12.8 Å². The van der Waals surface area contributed by atoms with Gasteiger partial charge in [-0.1, -0.05) is 0 Å². The van der Waals surface area contributed by atoms with Gasteiger partial charge in [-0.05, 0) is 12.8 Å². The molecule has 1 aliphatic carbocycles. The minimum Gasteiger partial charge on any atom is -0.294 e. The lowest BCUT2D eigenvalue weighted by molar-refractivity contribution is -0.129. The summed E-state index contributed by atoms with van der Waals surface area (Å²) in [6.45, 7) is 0. The fraction of sp³-hybridized carbons (Fsp3) is 0.800. The van der Waals surface area contributed by atoms with Gasteiger partial charge < -0.3 is 0 Å². The maximum Gasteiger partial charge on any atom is 0.237 e. The largest absolute Gasteiger partial charge is 0.294 e. The van der Waals surface area contributed by atoms with E-state index in [1.807, 2.05) is 5.43 Å². The Morgan fingerprint density at radius 3 is 2.56 bits per heavy atom. The Morgan fingerprint density at radius 1 is 1.67 bits per heavy atom. The molecule has 0 aromatic heterocycles. The molecule has 1 amide bonds. The van der Waals surface area contributed by atoms with Gasteiger partial charge in [0.1, 0.15) is 6.17 Å². The quantitative estimate of drug-likeness (QED) is 0.293. The molecule has 0 spiro atoms. The van der Waals surface area contributed by atoms with Crippen molar-refractivity contribution >= 4 is 5.91 Å². The molecule has 1 rings (SSSR count). The van der Waals surface area contributed by atoms with E-state index in [1.54, 1.807) is 0 Å². The molecule has 0 heterocycles. The Kier molecular flexibility index (Phi) is 1.66. The molecule has 52 valence electrons. The summed E-state index contributed by atoms with van der Waals surface area (Å²) in [5.74, 6) is 4.38. The molecule has 1 saturated carbocycles. The topological polar surface area (TPSA) is 55.1 Å². The van der Waals surface area contributed by atoms with E-state index in [1.165, 1.54) is 0 Å². The molecule has 0 aliphatic heterocycles. The van der Waals surface area contributed by atoms with Gasteiger partial charge in [-0.15, -0.1) is 0 Å². The van der Waals surface area contributed by atoms with Gasteiger partial charge in [0.25, 0.3) is 0 Å². The van der Waals surface area contributed by atoms with Crippen LogP contribution in [0.25, 0.3) is 0 Å². The highest BCUT2D eigenvalue weighted by molar-refractivity contribution is 5.78. The Bertz CT molecular complexity index is 122. The Hall–Kier alpha value is -0.640. The molecule has 0 radical (unpaired) electrons. The van der Waals surface area contributed by atoms with Crippen molar-refractivity contribution in [3.8, 4) is 0 Å². The van der Waals surface area contributed by atoms with E-state index in [0.717, 1.165) is 0 Å². The standard InChI is InChI=1S/C5H9FN2O/c6-4-1-3(2-4)5(9)8-7/h3-4H,1-2,7H2,(H,8,9)/t3-,4-. The van der Waals surface area contributed by atoms with Crippen LogP contribution in [0.1, 0.15) is 12.8 Å². The van der Waals surface area contributed by atoms with E-state index in [4.69, 9.17) is 5.84 Å². The summed E-state index contributed by atoms with van der Waals surface area (Å²) in [6.07, 6.45) is -0.112. The number of carbonyl (C=O) groups excluding carboxylic acids is 1. The molecular formula is C5H9FN2O. The van der Waals surface area contributed by atoms with Crippen LogP contribution in [-0.4, -0.2) is 12.1 Å². The minimum absolute atomic E-state index is 0.176. The summed E-state index contributed by atoms with van der Waals surface area (Å²) in [7, 11) is 0.